The zero-order valence-electron chi connectivity index (χ0n) is 21.7. The molecule has 0 atom stereocenters. The average Bonchev–Trinajstić information content (AvgIpc) is 2.90. The summed E-state index contributed by atoms with van der Waals surface area (Å²) in [5.41, 5.74) is 0.312. The Balaban J connectivity index is 1.40. The summed E-state index contributed by atoms with van der Waals surface area (Å²) in [6, 6.07) is 9.19. The van der Waals surface area contributed by atoms with Crippen LogP contribution in [0.15, 0.2) is 48.7 Å². The Kier molecular flexibility index (Phi) is 7.47. The van der Waals surface area contributed by atoms with Crippen molar-refractivity contribution in [3.8, 4) is 11.5 Å². The van der Waals surface area contributed by atoms with Gasteiger partial charge in [0.05, 0.1) is 22.7 Å². The van der Waals surface area contributed by atoms with Gasteiger partial charge in [-0.15, -0.1) is 0 Å². The number of alkyl halides is 3. The van der Waals surface area contributed by atoms with Crippen molar-refractivity contribution in [3.05, 3.63) is 70.4 Å². The molecule has 2 aromatic carbocycles. The first-order valence-corrected chi connectivity index (χ1v) is 12.8. The molecule has 5 rings (SSSR count). The van der Waals surface area contributed by atoms with Gasteiger partial charge in [0, 0.05) is 56.4 Å². The Hall–Kier alpha value is -4.03. The number of halogens is 4. The monoisotopic (exact) mass is 574 g/mol. The lowest BCUT2D eigenvalue weighted by Crippen LogP contribution is -2.44. The van der Waals surface area contributed by atoms with Crippen LogP contribution in [0.3, 0.4) is 0 Å². The summed E-state index contributed by atoms with van der Waals surface area (Å²) < 4.78 is 47.1. The first kappa shape index (κ1) is 27.5. The molecule has 9 nitrogen and oxygen atoms in total. The molecule has 0 spiro atoms. The summed E-state index contributed by atoms with van der Waals surface area (Å²) in [5, 5.41) is 5.47. The van der Waals surface area contributed by atoms with Crippen molar-refractivity contribution in [1.82, 2.24) is 14.8 Å². The van der Waals surface area contributed by atoms with Crippen LogP contribution < -0.4 is 20.3 Å². The third kappa shape index (κ3) is 5.92. The van der Waals surface area contributed by atoms with Crippen LogP contribution in [0.1, 0.15) is 21.5 Å². The molecule has 13 heteroatoms. The summed E-state index contributed by atoms with van der Waals surface area (Å²) in [7, 11) is 3.58. The molecule has 3 heterocycles. The molecule has 0 radical (unpaired) electrons. The Morgan fingerprint density at radius 1 is 1.05 bits per heavy atom. The lowest BCUT2D eigenvalue weighted by atomic mass is 10.1. The molecule has 40 heavy (non-hydrogen) atoms. The average molecular weight is 575 g/mol. The standard InChI is InChI=1S/C27H26ClF3N6O3/c1-35-7-9-37(10-8-35)19-13-17(27(29,30)31)12-18(14-19)33-25(38)16-3-4-21(28)23(11-16)40-22-5-6-32-24-20(22)15-36(2)26(39)34-24/h3-6,11-14H,7-10,15H2,1-2H3,(H,33,38)(H,32,34,39). The van der Waals surface area contributed by atoms with Crippen molar-refractivity contribution >= 4 is 40.7 Å². The lowest BCUT2D eigenvalue weighted by Gasteiger charge is -2.34. The van der Waals surface area contributed by atoms with Crippen molar-refractivity contribution in [2.75, 3.05) is 55.8 Å². The minimum atomic E-state index is -4.58. The van der Waals surface area contributed by atoms with E-state index in [1.807, 2.05) is 11.9 Å². The van der Waals surface area contributed by atoms with Crippen molar-refractivity contribution in [2.45, 2.75) is 12.7 Å². The fourth-order valence-electron chi connectivity index (χ4n) is 4.48. The molecular weight excluding hydrogens is 549 g/mol. The molecule has 0 bridgehead atoms. The number of likely N-dealkylation sites (N-methyl/N-ethyl adjacent to an activating group) is 1. The van der Waals surface area contributed by atoms with Gasteiger partial charge in [0.15, 0.2) is 0 Å². The van der Waals surface area contributed by atoms with Crippen molar-refractivity contribution in [1.29, 1.82) is 0 Å². The molecule has 1 aromatic heterocycles. The number of hydrogen-bond donors (Lipinski definition) is 2. The molecular formula is C27H26ClF3N6O3. The number of benzene rings is 2. The second-order valence-electron chi connectivity index (χ2n) is 9.68. The molecule has 2 N–H and O–H groups in total. The topological polar surface area (TPSA) is 90.0 Å². The van der Waals surface area contributed by atoms with Gasteiger partial charge in [0.25, 0.3) is 5.91 Å². The highest BCUT2D eigenvalue weighted by molar-refractivity contribution is 6.32. The van der Waals surface area contributed by atoms with E-state index in [0.717, 1.165) is 25.2 Å². The van der Waals surface area contributed by atoms with Crippen LogP contribution >= 0.6 is 11.6 Å². The second kappa shape index (κ2) is 10.9. The number of amides is 3. The van der Waals surface area contributed by atoms with E-state index in [1.54, 1.807) is 19.2 Å². The number of fused-ring (bicyclic) bond motifs is 1. The first-order chi connectivity index (χ1) is 19.0. The van der Waals surface area contributed by atoms with E-state index in [9.17, 15) is 22.8 Å². The van der Waals surface area contributed by atoms with Crippen LogP contribution in [0.25, 0.3) is 0 Å². The Morgan fingerprint density at radius 2 is 1.80 bits per heavy atom. The van der Waals surface area contributed by atoms with Crippen molar-refractivity contribution in [2.24, 2.45) is 0 Å². The largest absolute Gasteiger partial charge is 0.455 e. The van der Waals surface area contributed by atoms with Gasteiger partial charge in [0.2, 0.25) is 0 Å². The summed E-state index contributed by atoms with van der Waals surface area (Å²) >= 11 is 6.35. The van der Waals surface area contributed by atoms with Gasteiger partial charge >= 0.3 is 12.2 Å². The molecule has 1 fully saturated rings. The van der Waals surface area contributed by atoms with Crippen LogP contribution in [0, 0.1) is 0 Å². The van der Waals surface area contributed by atoms with E-state index in [4.69, 9.17) is 16.3 Å². The number of aromatic nitrogens is 1. The highest BCUT2D eigenvalue weighted by atomic mass is 35.5. The Labute approximate surface area is 233 Å². The fraction of sp³-hybridized carbons (Fsp3) is 0.296. The van der Waals surface area contributed by atoms with Gasteiger partial charge < -0.3 is 24.8 Å². The Morgan fingerprint density at radius 3 is 2.52 bits per heavy atom. The predicted octanol–water partition coefficient (Wildman–Crippen LogP) is 5.53. The van der Waals surface area contributed by atoms with Crippen LogP contribution in [-0.2, 0) is 12.7 Å². The maximum absolute atomic E-state index is 13.7. The number of carbonyl (C=O) groups excluding carboxylic acids is 2. The Bertz CT molecular complexity index is 1460. The first-order valence-electron chi connectivity index (χ1n) is 12.4. The summed E-state index contributed by atoms with van der Waals surface area (Å²) in [5.74, 6) is 0.260. The smallest absolute Gasteiger partial charge is 0.416 e. The molecule has 0 aliphatic carbocycles. The number of nitrogens with one attached hydrogen (secondary N) is 2. The number of pyridine rings is 1. The maximum Gasteiger partial charge on any atom is 0.416 e. The van der Waals surface area contributed by atoms with Crippen LogP contribution in [0.4, 0.5) is 35.2 Å². The number of anilines is 3. The number of hydrogen-bond acceptors (Lipinski definition) is 6. The zero-order chi connectivity index (χ0) is 28.6. The fourth-order valence-corrected chi connectivity index (χ4v) is 4.63. The van der Waals surface area contributed by atoms with E-state index < -0.39 is 17.6 Å². The van der Waals surface area contributed by atoms with Gasteiger partial charge in [-0.1, -0.05) is 11.6 Å². The van der Waals surface area contributed by atoms with Gasteiger partial charge in [-0.05, 0) is 49.5 Å². The summed E-state index contributed by atoms with van der Waals surface area (Å²) in [4.78, 5) is 34.7. The summed E-state index contributed by atoms with van der Waals surface area (Å²) in [6.45, 7) is 2.82. The molecule has 1 saturated heterocycles. The molecule has 210 valence electrons. The molecule has 0 saturated carbocycles. The highest BCUT2D eigenvalue weighted by Crippen LogP contribution is 2.37. The van der Waals surface area contributed by atoms with Crippen LogP contribution in [0.2, 0.25) is 5.02 Å². The minimum absolute atomic E-state index is 0.0214. The summed E-state index contributed by atoms with van der Waals surface area (Å²) in [6.07, 6.45) is -3.11. The van der Waals surface area contributed by atoms with E-state index in [2.05, 4.69) is 20.5 Å². The quantitative estimate of drug-likeness (QED) is 0.417. The van der Waals surface area contributed by atoms with Gasteiger partial charge in [-0.3, -0.25) is 10.1 Å². The minimum Gasteiger partial charge on any atom is -0.455 e. The normalized spacial score (nSPS) is 15.9. The molecule has 3 amide bonds. The van der Waals surface area contributed by atoms with E-state index in [-0.39, 0.29) is 34.6 Å². The third-order valence-electron chi connectivity index (χ3n) is 6.76. The molecule has 3 aromatic rings. The zero-order valence-corrected chi connectivity index (χ0v) is 22.4. The number of carbonyl (C=O) groups is 2. The SMILES string of the molecule is CN1CCN(c2cc(NC(=O)c3ccc(Cl)c(Oc4ccnc5c4CN(C)C(=O)N5)c3)cc(C(F)(F)F)c2)CC1. The van der Waals surface area contributed by atoms with Crippen molar-refractivity contribution < 1.29 is 27.5 Å². The number of urea groups is 1. The van der Waals surface area contributed by atoms with Crippen LogP contribution in [0.5, 0.6) is 11.5 Å². The van der Waals surface area contributed by atoms with Gasteiger partial charge in [0.1, 0.15) is 17.3 Å². The highest BCUT2D eigenvalue weighted by Gasteiger charge is 2.32. The predicted molar refractivity (Wildman–Crippen MR) is 145 cm³/mol. The molecule has 0 unspecified atom stereocenters. The van der Waals surface area contributed by atoms with E-state index in [0.29, 0.717) is 35.9 Å². The number of nitrogens with zero attached hydrogens (tertiary/aromatic N) is 4. The third-order valence-corrected chi connectivity index (χ3v) is 7.08. The molecule has 2 aliphatic rings. The van der Waals surface area contributed by atoms with Crippen LogP contribution in [-0.4, -0.2) is 67.0 Å². The maximum atomic E-state index is 13.7. The second-order valence-corrected chi connectivity index (χ2v) is 10.1. The van der Waals surface area contributed by atoms with E-state index in [1.165, 1.54) is 29.3 Å². The van der Waals surface area contributed by atoms with E-state index >= 15 is 0 Å². The van der Waals surface area contributed by atoms with Crippen molar-refractivity contribution in [3.63, 3.8) is 0 Å². The molecule has 2 aliphatic heterocycles. The number of ether oxygens (including phenoxy) is 1. The van der Waals surface area contributed by atoms with Gasteiger partial charge in [-0.25, -0.2) is 9.78 Å². The lowest BCUT2D eigenvalue weighted by molar-refractivity contribution is -0.137. The number of piperazine rings is 1. The number of rotatable bonds is 5. The van der Waals surface area contributed by atoms with Gasteiger partial charge in [-0.2, -0.15) is 13.2 Å².